The number of methoxy groups -OCH3 is 2. The molecule has 0 unspecified atom stereocenters. The topological polar surface area (TPSA) is 36.3 Å². The Morgan fingerprint density at radius 1 is 0.821 bits per heavy atom. The van der Waals surface area contributed by atoms with E-state index in [1.165, 1.54) is 50.5 Å². The minimum atomic E-state index is 0.731. The second kappa shape index (κ2) is 10.2. The van der Waals surface area contributed by atoms with Crippen molar-refractivity contribution in [2.75, 3.05) is 14.2 Å². The summed E-state index contributed by atoms with van der Waals surface area (Å²) in [6, 6.07) is 14.4. The quantitative estimate of drug-likeness (QED) is 0.358. The average Bonchev–Trinajstić information content (AvgIpc) is 3.11. The van der Waals surface area contributed by atoms with Crippen LogP contribution in [0.25, 0.3) is 22.4 Å². The molecule has 0 saturated carbocycles. The number of ether oxygens (including phenoxy) is 2. The van der Waals surface area contributed by atoms with Gasteiger partial charge in [-0.15, -0.1) is 0 Å². The van der Waals surface area contributed by atoms with Crippen LogP contribution in [-0.2, 0) is 6.54 Å². The number of imidazole rings is 1. The van der Waals surface area contributed by atoms with Crippen LogP contribution in [0.3, 0.4) is 0 Å². The Balaban J connectivity index is 1.81. The Labute approximate surface area is 168 Å². The smallest absolute Gasteiger partial charge is 0.161 e. The second-order valence-corrected chi connectivity index (χ2v) is 7.27. The van der Waals surface area contributed by atoms with Crippen molar-refractivity contribution in [3.05, 3.63) is 42.5 Å². The summed E-state index contributed by atoms with van der Waals surface area (Å²) in [6.45, 7) is 3.25. The molecule has 0 radical (unpaired) electrons. The van der Waals surface area contributed by atoms with E-state index in [2.05, 4.69) is 35.8 Å². The lowest BCUT2D eigenvalue weighted by molar-refractivity contribution is 0.355. The minimum Gasteiger partial charge on any atom is -0.493 e. The zero-order chi connectivity index (χ0) is 19.8. The van der Waals surface area contributed by atoms with Crippen molar-refractivity contribution in [2.24, 2.45) is 0 Å². The molecule has 150 valence electrons. The van der Waals surface area contributed by atoms with Gasteiger partial charge in [-0.2, -0.15) is 0 Å². The largest absolute Gasteiger partial charge is 0.493 e. The molecule has 3 aromatic rings. The zero-order valence-electron chi connectivity index (χ0n) is 17.4. The Kier molecular flexibility index (Phi) is 7.35. The van der Waals surface area contributed by atoms with Crippen molar-refractivity contribution in [1.29, 1.82) is 0 Å². The molecular weight excluding hydrogens is 348 g/mol. The van der Waals surface area contributed by atoms with Gasteiger partial charge in [-0.1, -0.05) is 57.6 Å². The summed E-state index contributed by atoms with van der Waals surface area (Å²) in [4.78, 5) is 4.92. The number of hydrogen-bond acceptors (Lipinski definition) is 3. The molecule has 0 spiro atoms. The summed E-state index contributed by atoms with van der Waals surface area (Å²) in [6.07, 6.45) is 9.13. The summed E-state index contributed by atoms with van der Waals surface area (Å²) in [5.74, 6) is 2.46. The van der Waals surface area contributed by atoms with E-state index in [0.717, 1.165) is 34.9 Å². The van der Waals surface area contributed by atoms with Crippen LogP contribution in [-0.4, -0.2) is 23.8 Å². The third kappa shape index (κ3) is 4.67. The zero-order valence-corrected chi connectivity index (χ0v) is 17.4. The number of para-hydroxylation sites is 2. The van der Waals surface area contributed by atoms with Crippen molar-refractivity contribution >= 4 is 11.0 Å². The molecule has 1 heterocycles. The van der Waals surface area contributed by atoms with Gasteiger partial charge in [0.1, 0.15) is 5.82 Å². The molecule has 0 aliphatic rings. The van der Waals surface area contributed by atoms with E-state index < -0.39 is 0 Å². The first-order valence-electron chi connectivity index (χ1n) is 10.5. The highest BCUT2D eigenvalue weighted by molar-refractivity contribution is 5.81. The molecule has 0 aliphatic carbocycles. The van der Waals surface area contributed by atoms with E-state index in [-0.39, 0.29) is 0 Å². The molecule has 1 aromatic heterocycles. The third-order valence-electron chi connectivity index (χ3n) is 5.28. The molecule has 0 N–H and O–H groups in total. The lowest BCUT2D eigenvalue weighted by Crippen LogP contribution is -2.01. The van der Waals surface area contributed by atoms with Crippen LogP contribution in [0.1, 0.15) is 51.9 Å². The summed E-state index contributed by atoms with van der Waals surface area (Å²) in [7, 11) is 3.33. The molecular formula is C24H32N2O2. The van der Waals surface area contributed by atoms with E-state index in [0.29, 0.717) is 0 Å². The SMILES string of the molecule is CCCCCCCCCn1c(-c2ccc(OC)c(OC)c2)nc2ccccc21. The van der Waals surface area contributed by atoms with Crippen molar-refractivity contribution in [3.8, 4) is 22.9 Å². The highest BCUT2D eigenvalue weighted by Gasteiger charge is 2.14. The molecule has 0 amide bonds. The van der Waals surface area contributed by atoms with Gasteiger partial charge in [-0.05, 0) is 36.8 Å². The first kappa shape index (κ1) is 20.2. The predicted molar refractivity (Wildman–Crippen MR) is 116 cm³/mol. The van der Waals surface area contributed by atoms with Crippen LogP contribution < -0.4 is 9.47 Å². The molecule has 0 fully saturated rings. The first-order valence-corrected chi connectivity index (χ1v) is 10.5. The maximum atomic E-state index is 5.50. The van der Waals surface area contributed by atoms with Gasteiger partial charge in [0.05, 0.1) is 25.3 Å². The Hall–Kier alpha value is -2.49. The van der Waals surface area contributed by atoms with Gasteiger partial charge in [-0.3, -0.25) is 0 Å². The Morgan fingerprint density at radius 3 is 2.29 bits per heavy atom. The number of nitrogens with zero attached hydrogens (tertiary/aromatic N) is 2. The van der Waals surface area contributed by atoms with Gasteiger partial charge in [-0.25, -0.2) is 4.98 Å². The lowest BCUT2D eigenvalue weighted by Gasteiger charge is -2.12. The summed E-state index contributed by atoms with van der Waals surface area (Å²) in [5, 5.41) is 0. The number of rotatable bonds is 11. The summed E-state index contributed by atoms with van der Waals surface area (Å²) >= 11 is 0. The van der Waals surface area contributed by atoms with Crippen LogP contribution in [0.15, 0.2) is 42.5 Å². The average molecular weight is 381 g/mol. The highest BCUT2D eigenvalue weighted by Crippen LogP contribution is 2.33. The second-order valence-electron chi connectivity index (χ2n) is 7.27. The summed E-state index contributed by atoms with van der Waals surface area (Å²) in [5.41, 5.74) is 3.28. The maximum Gasteiger partial charge on any atom is 0.161 e. The fraction of sp³-hybridized carbons (Fsp3) is 0.458. The number of hydrogen-bond donors (Lipinski definition) is 0. The van der Waals surface area contributed by atoms with Crippen molar-refractivity contribution in [1.82, 2.24) is 9.55 Å². The maximum absolute atomic E-state index is 5.50. The van der Waals surface area contributed by atoms with Crippen LogP contribution in [0.4, 0.5) is 0 Å². The molecule has 0 atom stereocenters. The molecule has 2 aromatic carbocycles. The van der Waals surface area contributed by atoms with Crippen LogP contribution >= 0.6 is 0 Å². The molecule has 0 bridgehead atoms. The van der Waals surface area contributed by atoms with Gasteiger partial charge in [0.15, 0.2) is 11.5 Å². The molecule has 3 rings (SSSR count). The highest BCUT2D eigenvalue weighted by atomic mass is 16.5. The van der Waals surface area contributed by atoms with Crippen molar-refractivity contribution < 1.29 is 9.47 Å². The predicted octanol–water partition coefficient (Wildman–Crippen LogP) is 6.47. The Bertz CT molecular complexity index is 885. The van der Waals surface area contributed by atoms with Gasteiger partial charge in [0, 0.05) is 12.1 Å². The number of fused-ring (bicyclic) bond motifs is 1. The van der Waals surface area contributed by atoms with Gasteiger partial charge < -0.3 is 14.0 Å². The number of unbranched alkanes of at least 4 members (excludes halogenated alkanes) is 6. The normalized spacial score (nSPS) is 11.1. The summed E-state index contributed by atoms with van der Waals surface area (Å²) < 4.78 is 13.2. The lowest BCUT2D eigenvalue weighted by atomic mass is 10.1. The van der Waals surface area contributed by atoms with E-state index in [4.69, 9.17) is 14.5 Å². The number of aromatic nitrogens is 2. The number of aryl methyl sites for hydroxylation is 1. The molecule has 4 heteroatoms. The van der Waals surface area contributed by atoms with E-state index in [1.807, 2.05) is 18.2 Å². The van der Waals surface area contributed by atoms with E-state index in [1.54, 1.807) is 14.2 Å². The van der Waals surface area contributed by atoms with E-state index in [9.17, 15) is 0 Å². The monoisotopic (exact) mass is 380 g/mol. The molecule has 0 aliphatic heterocycles. The van der Waals surface area contributed by atoms with Crippen LogP contribution in [0.2, 0.25) is 0 Å². The first-order chi connectivity index (χ1) is 13.8. The van der Waals surface area contributed by atoms with Gasteiger partial charge >= 0.3 is 0 Å². The van der Waals surface area contributed by atoms with Crippen LogP contribution in [0.5, 0.6) is 11.5 Å². The van der Waals surface area contributed by atoms with Crippen molar-refractivity contribution in [3.63, 3.8) is 0 Å². The van der Waals surface area contributed by atoms with Crippen LogP contribution in [0, 0.1) is 0 Å². The number of benzene rings is 2. The van der Waals surface area contributed by atoms with E-state index >= 15 is 0 Å². The fourth-order valence-corrected chi connectivity index (χ4v) is 3.72. The third-order valence-corrected chi connectivity index (χ3v) is 5.28. The Morgan fingerprint density at radius 2 is 1.54 bits per heavy atom. The van der Waals surface area contributed by atoms with Gasteiger partial charge in [0.25, 0.3) is 0 Å². The van der Waals surface area contributed by atoms with Gasteiger partial charge in [0.2, 0.25) is 0 Å². The van der Waals surface area contributed by atoms with Crippen molar-refractivity contribution in [2.45, 2.75) is 58.4 Å². The fourth-order valence-electron chi connectivity index (χ4n) is 3.72. The molecule has 4 nitrogen and oxygen atoms in total. The standard InChI is InChI=1S/C24H32N2O2/c1-4-5-6-7-8-9-12-17-26-21-14-11-10-13-20(21)25-24(26)19-15-16-22(27-2)23(18-19)28-3/h10-11,13-16,18H,4-9,12,17H2,1-3H3. The minimum absolute atomic E-state index is 0.731. The molecule has 28 heavy (non-hydrogen) atoms. The molecule has 0 saturated heterocycles.